The highest BCUT2D eigenvalue weighted by atomic mass is 31.2. The summed E-state index contributed by atoms with van der Waals surface area (Å²) < 4.78 is 35.2. The molecule has 0 radical (unpaired) electrons. The van der Waals surface area contributed by atoms with Crippen molar-refractivity contribution < 1.29 is 37.5 Å². The topological polar surface area (TPSA) is 140 Å². The van der Waals surface area contributed by atoms with Crippen LogP contribution in [0.4, 0.5) is 10.5 Å². The highest BCUT2D eigenvalue weighted by Crippen LogP contribution is 2.48. The Balaban J connectivity index is 1.62. The van der Waals surface area contributed by atoms with E-state index in [1.807, 2.05) is 36.4 Å². The molecule has 14 heteroatoms. The maximum absolute atomic E-state index is 13.9. The van der Waals surface area contributed by atoms with Crippen molar-refractivity contribution in [1.29, 1.82) is 0 Å². The number of aromatic nitrogens is 1. The van der Waals surface area contributed by atoms with Gasteiger partial charge in [-0.1, -0.05) is 30.3 Å². The molecule has 3 heterocycles. The van der Waals surface area contributed by atoms with E-state index < -0.39 is 31.5 Å². The number of amides is 3. The van der Waals surface area contributed by atoms with Gasteiger partial charge in [0.15, 0.2) is 0 Å². The summed E-state index contributed by atoms with van der Waals surface area (Å²) in [6.07, 6.45) is 0.130. The van der Waals surface area contributed by atoms with Crippen molar-refractivity contribution in [2.45, 2.75) is 39.3 Å². The van der Waals surface area contributed by atoms with Gasteiger partial charge in [0.05, 0.1) is 37.8 Å². The van der Waals surface area contributed by atoms with Crippen LogP contribution in [-0.2, 0) is 27.9 Å². The molecule has 1 N–H and O–H groups in total. The van der Waals surface area contributed by atoms with Gasteiger partial charge in [0.2, 0.25) is 5.91 Å². The molecule has 45 heavy (non-hydrogen) atoms. The number of piperazine rings is 1. The fourth-order valence-corrected chi connectivity index (χ4v) is 7.22. The summed E-state index contributed by atoms with van der Waals surface area (Å²) in [4.78, 5) is 49.9. The SMILES string of the molecule is CCOC(=O)N1CCN(C(=O)[C@H](CP(=O)(OCC)OCC)NC(=O)c2cc(N3CC[C@H](OC)C3)cc(-c3ccccc3)n2)CC1. The number of carbonyl (C=O) groups is 3. The van der Waals surface area contributed by atoms with E-state index in [1.165, 1.54) is 9.80 Å². The molecule has 2 aliphatic heterocycles. The van der Waals surface area contributed by atoms with Crippen LogP contribution in [-0.4, -0.2) is 117 Å². The predicted molar refractivity (Wildman–Crippen MR) is 169 cm³/mol. The first-order valence-electron chi connectivity index (χ1n) is 15.4. The van der Waals surface area contributed by atoms with Gasteiger partial charge in [0, 0.05) is 57.6 Å². The highest BCUT2D eigenvalue weighted by molar-refractivity contribution is 7.54. The monoisotopic (exact) mass is 645 g/mol. The number of hydrogen-bond acceptors (Lipinski definition) is 10. The number of carbonyl (C=O) groups excluding carboxylic acids is 3. The molecular formula is C31H44N5O8P. The summed E-state index contributed by atoms with van der Waals surface area (Å²) >= 11 is 0. The zero-order valence-corrected chi connectivity index (χ0v) is 27.4. The first-order chi connectivity index (χ1) is 21.7. The van der Waals surface area contributed by atoms with Gasteiger partial charge in [-0.3, -0.25) is 14.2 Å². The first-order valence-corrected chi connectivity index (χ1v) is 17.2. The Morgan fingerprint density at radius 1 is 0.956 bits per heavy atom. The van der Waals surface area contributed by atoms with Crippen molar-refractivity contribution in [3.8, 4) is 11.3 Å². The van der Waals surface area contributed by atoms with Crippen molar-refractivity contribution in [2.24, 2.45) is 0 Å². The van der Waals surface area contributed by atoms with Crippen LogP contribution in [0.25, 0.3) is 11.3 Å². The van der Waals surface area contributed by atoms with Gasteiger partial charge in [-0.2, -0.15) is 0 Å². The second-order valence-corrected chi connectivity index (χ2v) is 12.8. The number of anilines is 1. The molecule has 13 nitrogen and oxygen atoms in total. The second-order valence-electron chi connectivity index (χ2n) is 10.7. The lowest BCUT2D eigenvalue weighted by Crippen LogP contribution is -2.57. The number of benzene rings is 1. The fraction of sp³-hybridized carbons (Fsp3) is 0.548. The van der Waals surface area contributed by atoms with E-state index in [2.05, 4.69) is 15.2 Å². The molecule has 1 aromatic carbocycles. The molecule has 2 fully saturated rings. The summed E-state index contributed by atoms with van der Waals surface area (Å²) in [6, 6.07) is 11.9. The minimum atomic E-state index is -3.75. The third kappa shape index (κ3) is 9.03. The minimum Gasteiger partial charge on any atom is -0.450 e. The number of ether oxygens (including phenoxy) is 2. The Morgan fingerprint density at radius 3 is 2.22 bits per heavy atom. The molecule has 0 spiro atoms. The highest BCUT2D eigenvalue weighted by Gasteiger charge is 2.37. The molecule has 2 saturated heterocycles. The van der Waals surface area contributed by atoms with Crippen molar-refractivity contribution in [1.82, 2.24) is 20.1 Å². The van der Waals surface area contributed by atoms with Gasteiger partial charge in [0.1, 0.15) is 11.7 Å². The number of rotatable bonds is 13. The van der Waals surface area contributed by atoms with Crippen LogP contribution in [0.15, 0.2) is 42.5 Å². The largest absolute Gasteiger partial charge is 0.450 e. The van der Waals surface area contributed by atoms with Gasteiger partial charge in [0.25, 0.3) is 5.91 Å². The van der Waals surface area contributed by atoms with Crippen LogP contribution in [0.3, 0.4) is 0 Å². The molecule has 3 amide bonds. The Hall–Kier alpha value is -3.51. The minimum absolute atomic E-state index is 0.0770. The number of methoxy groups -OCH3 is 1. The third-order valence-corrected chi connectivity index (χ3v) is 9.85. The quantitative estimate of drug-likeness (QED) is 0.321. The molecule has 246 valence electrons. The molecule has 2 atom stereocenters. The second kappa shape index (κ2) is 16.2. The van der Waals surface area contributed by atoms with Crippen LogP contribution >= 0.6 is 7.60 Å². The van der Waals surface area contributed by atoms with E-state index in [-0.39, 0.29) is 64.0 Å². The molecule has 4 rings (SSSR count). The van der Waals surface area contributed by atoms with E-state index in [0.29, 0.717) is 12.2 Å². The maximum Gasteiger partial charge on any atom is 0.409 e. The van der Waals surface area contributed by atoms with E-state index in [0.717, 1.165) is 24.2 Å². The molecule has 0 bridgehead atoms. The molecule has 2 aliphatic rings. The summed E-state index contributed by atoms with van der Waals surface area (Å²) in [5, 5.41) is 2.80. The molecule has 2 aromatic rings. The van der Waals surface area contributed by atoms with Crippen LogP contribution in [0.1, 0.15) is 37.7 Å². The van der Waals surface area contributed by atoms with Crippen LogP contribution in [0.2, 0.25) is 0 Å². The number of pyridine rings is 1. The van der Waals surface area contributed by atoms with Crippen molar-refractivity contribution in [3.05, 3.63) is 48.2 Å². The number of hydrogen-bond donors (Lipinski definition) is 1. The van der Waals surface area contributed by atoms with E-state index in [4.69, 9.17) is 18.5 Å². The van der Waals surface area contributed by atoms with E-state index in [1.54, 1.807) is 33.9 Å². The van der Waals surface area contributed by atoms with Gasteiger partial charge in [-0.15, -0.1) is 0 Å². The van der Waals surface area contributed by atoms with E-state index >= 15 is 0 Å². The van der Waals surface area contributed by atoms with Crippen molar-refractivity contribution in [2.75, 3.05) is 77.3 Å². The Bertz CT molecular complexity index is 1340. The predicted octanol–water partition coefficient (Wildman–Crippen LogP) is 3.64. The third-order valence-electron chi connectivity index (χ3n) is 7.73. The Labute approximate surface area is 264 Å². The molecular weight excluding hydrogens is 601 g/mol. The lowest BCUT2D eigenvalue weighted by atomic mass is 10.1. The molecule has 0 saturated carbocycles. The smallest absolute Gasteiger partial charge is 0.409 e. The fourth-order valence-electron chi connectivity index (χ4n) is 5.45. The summed E-state index contributed by atoms with van der Waals surface area (Å²) in [7, 11) is -2.06. The summed E-state index contributed by atoms with van der Waals surface area (Å²) in [5.74, 6) is -1.05. The standard InChI is InChI=1S/C31H44N5O8P/c1-5-42-31(39)35-17-15-34(16-18-35)30(38)28(22-45(40,43-6-2)44-7-3)33-29(37)27-20-24(36-14-13-25(21-36)41-4)19-26(32-27)23-11-9-8-10-12-23/h8-12,19-20,25,28H,5-7,13-18,21-22H2,1-4H3,(H,33,37)/t25-,28-/m0/s1. The van der Waals surface area contributed by atoms with Crippen molar-refractivity contribution in [3.63, 3.8) is 0 Å². The van der Waals surface area contributed by atoms with Crippen LogP contribution in [0.5, 0.6) is 0 Å². The van der Waals surface area contributed by atoms with Gasteiger partial charge in [-0.25, -0.2) is 9.78 Å². The van der Waals surface area contributed by atoms with Gasteiger partial charge >= 0.3 is 13.7 Å². The van der Waals surface area contributed by atoms with Crippen LogP contribution in [0, 0.1) is 0 Å². The van der Waals surface area contributed by atoms with Crippen LogP contribution < -0.4 is 10.2 Å². The Morgan fingerprint density at radius 2 is 1.62 bits per heavy atom. The molecule has 0 aliphatic carbocycles. The van der Waals surface area contributed by atoms with Gasteiger partial charge < -0.3 is 38.5 Å². The maximum atomic E-state index is 13.9. The van der Waals surface area contributed by atoms with E-state index in [9.17, 15) is 18.9 Å². The number of nitrogens with one attached hydrogen (secondary N) is 1. The average Bonchev–Trinajstić information content (AvgIpc) is 3.54. The molecule has 0 unspecified atom stereocenters. The average molecular weight is 646 g/mol. The zero-order chi connectivity index (χ0) is 32.4. The Kier molecular flexibility index (Phi) is 12.3. The van der Waals surface area contributed by atoms with Crippen molar-refractivity contribution >= 4 is 31.2 Å². The summed E-state index contributed by atoms with van der Waals surface area (Å²) in [5.41, 5.74) is 2.35. The lowest BCUT2D eigenvalue weighted by molar-refractivity contribution is -0.134. The first kappa shape index (κ1) is 34.4. The van der Waals surface area contributed by atoms with Gasteiger partial charge in [-0.05, 0) is 39.3 Å². The number of nitrogens with zero attached hydrogens (tertiary/aromatic N) is 4. The zero-order valence-electron chi connectivity index (χ0n) is 26.5. The summed E-state index contributed by atoms with van der Waals surface area (Å²) in [6.45, 7) is 7.95. The normalized spacial score (nSPS) is 17.7. The molecule has 1 aromatic heterocycles. The lowest BCUT2D eigenvalue weighted by Gasteiger charge is -2.36.